The first-order chi connectivity index (χ1) is 9.63. The van der Waals surface area contributed by atoms with E-state index in [2.05, 4.69) is 0 Å². The van der Waals surface area contributed by atoms with Gasteiger partial charge in [0.25, 0.3) is 0 Å². The number of hydrogen-bond donors (Lipinski definition) is 1. The van der Waals surface area contributed by atoms with Gasteiger partial charge in [-0.15, -0.1) is 0 Å². The lowest BCUT2D eigenvalue weighted by Gasteiger charge is -2.22. The van der Waals surface area contributed by atoms with Gasteiger partial charge in [0.1, 0.15) is 6.61 Å². The van der Waals surface area contributed by atoms with E-state index in [0.717, 1.165) is 5.56 Å². The smallest absolute Gasteiger partial charge is 0.416 e. The number of ether oxygens (including phenoxy) is 1. The van der Waals surface area contributed by atoms with Crippen LogP contribution in [0, 0.1) is 5.92 Å². The maximum Gasteiger partial charge on any atom is 0.416 e. The monoisotopic (exact) mass is 277 g/mol. The second kappa shape index (κ2) is 6.52. The van der Waals surface area contributed by atoms with Crippen LogP contribution in [0.2, 0.25) is 0 Å². The largest absolute Gasteiger partial charge is 0.447 e. The lowest BCUT2D eigenvalue weighted by atomic mass is 10.0. The van der Waals surface area contributed by atoms with E-state index in [-0.39, 0.29) is 31.1 Å². The highest BCUT2D eigenvalue weighted by molar-refractivity contribution is 5.94. The molecular weight excluding hydrogens is 258 g/mol. The molecule has 5 heteroatoms. The average molecular weight is 277 g/mol. The summed E-state index contributed by atoms with van der Waals surface area (Å²) in [6.45, 7) is 1.87. The van der Waals surface area contributed by atoms with Crippen LogP contribution in [0.25, 0.3) is 0 Å². The van der Waals surface area contributed by atoms with Crippen molar-refractivity contribution in [2.75, 3.05) is 13.2 Å². The third-order valence-corrected chi connectivity index (χ3v) is 3.50. The second-order valence-corrected chi connectivity index (χ2v) is 5.04. The molecule has 0 aromatic heterocycles. The molecule has 0 aliphatic carbocycles. The van der Waals surface area contributed by atoms with Crippen molar-refractivity contribution in [1.29, 1.82) is 0 Å². The zero-order valence-corrected chi connectivity index (χ0v) is 11.5. The fourth-order valence-corrected chi connectivity index (χ4v) is 2.32. The molecule has 1 fully saturated rings. The first-order valence-corrected chi connectivity index (χ1v) is 6.78. The zero-order valence-electron chi connectivity index (χ0n) is 11.5. The van der Waals surface area contributed by atoms with Crippen LogP contribution >= 0.6 is 0 Å². The molecule has 1 aromatic carbocycles. The molecule has 1 aliphatic heterocycles. The number of rotatable bonds is 5. The Morgan fingerprint density at radius 1 is 1.45 bits per heavy atom. The molecule has 2 atom stereocenters. The molecule has 108 valence electrons. The summed E-state index contributed by atoms with van der Waals surface area (Å²) in [5, 5.41) is 8.91. The number of carbonyl (C=O) groups is 2. The lowest BCUT2D eigenvalue weighted by molar-refractivity contribution is -0.133. The summed E-state index contributed by atoms with van der Waals surface area (Å²) < 4.78 is 5.00. The molecule has 0 radical (unpaired) electrons. The maximum atomic E-state index is 12.3. The molecule has 1 N–H and O–H groups in total. The Labute approximate surface area is 118 Å². The summed E-state index contributed by atoms with van der Waals surface area (Å²) in [4.78, 5) is 25.2. The Kier molecular flexibility index (Phi) is 4.74. The van der Waals surface area contributed by atoms with Crippen molar-refractivity contribution in [3.8, 4) is 0 Å². The minimum Gasteiger partial charge on any atom is -0.447 e. The van der Waals surface area contributed by atoms with Gasteiger partial charge in [-0.05, 0) is 18.4 Å². The molecule has 1 heterocycles. The van der Waals surface area contributed by atoms with Crippen molar-refractivity contribution in [3.63, 3.8) is 0 Å². The molecule has 0 spiro atoms. The van der Waals surface area contributed by atoms with E-state index < -0.39 is 6.09 Å². The van der Waals surface area contributed by atoms with Gasteiger partial charge in [0, 0.05) is 12.5 Å². The summed E-state index contributed by atoms with van der Waals surface area (Å²) in [6, 6.07) is 9.43. The predicted octanol–water partition coefficient (Wildman–Crippen LogP) is 1.60. The molecule has 20 heavy (non-hydrogen) atoms. The Hall–Kier alpha value is -1.88. The molecule has 2 amide bonds. The Morgan fingerprint density at radius 2 is 2.15 bits per heavy atom. The highest BCUT2D eigenvalue weighted by Crippen LogP contribution is 2.20. The van der Waals surface area contributed by atoms with Crippen molar-refractivity contribution in [2.45, 2.75) is 25.8 Å². The van der Waals surface area contributed by atoms with Gasteiger partial charge in [-0.2, -0.15) is 0 Å². The number of imide groups is 1. The van der Waals surface area contributed by atoms with Gasteiger partial charge < -0.3 is 9.84 Å². The first kappa shape index (κ1) is 14.5. The van der Waals surface area contributed by atoms with Crippen LogP contribution < -0.4 is 0 Å². The molecule has 2 rings (SSSR count). The van der Waals surface area contributed by atoms with Crippen molar-refractivity contribution in [3.05, 3.63) is 35.9 Å². The molecule has 1 aliphatic rings. The number of aliphatic hydroxyl groups excluding tert-OH is 1. The highest BCUT2D eigenvalue weighted by atomic mass is 16.6. The van der Waals surface area contributed by atoms with Crippen molar-refractivity contribution >= 4 is 12.0 Å². The molecular formula is C15H19NO4. The zero-order chi connectivity index (χ0) is 14.5. The average Bonchev–Trinajstić information content (AvgIpc) is 2.80. The minimum absolute atomic E-state index is 0.0703. The van der Waals surface area contributed by atoms with E-state index in [9.17, 15) is 9.59 Å². The molecule has 0 saturated carbocycles. The first-order valence-electron chi connectivity index (χ1n) is 6.78. The number of cyclic esters (lactones) is 1. The van der Waals surface area contributed by atoms with Gasteiger partial charge in [0.15, 0.2) is 0 Å². The molecule has 5 nitrogen and oxygen atoms in total. The quantitative estimate of drug-likeness (QED) is 0.887. The predicted molar refractivity (Wildman–Crippen MR) is 73.0 cm³/mol. The van der Waals surface area contributed by atoms with Crippen LogP contribution in [0.15, 0.2) is 30.3 Å². The number of hydrogen-bond acceptors (Lipinski definition) is 4. The summed E-state index contributed by atoms with van der Waals surface area (Å²) in [6.07, 6.45) is 0.353. The van der Waals surface area contributed by atoms with Gasteiger partial charge in [-0.1, -0.05) is 37.3 Å². The van der Waals surface area contributed by atoms with E-state index in [0.29, 0.717) is 12.8 Å². The van der Waals surface area contributed by atoms with Crippen LogP contribution in [0.3, 0.4) is 0 Å². The fourth-order valence-electron chi connectivity index (χ4n) is 2.32. The number of aliphatic hydroxyl groups is 1. The van der Waals surface area contributed by atoms with E-state index in [4.69, 9.17) is 9.84 Å². The molecule has 0 unspecified atom stereocenters. The topological polar surface area (TPSA) is 66.8 Å². The third kappa shape index (κ3) is 3.17. The van der Waals surface area contributed by atoms with Crippen molar-refractivity contribution in [1.82, 2.24) is 4.90 Å². The Bertz CT molecular complexity index is 474. The second-order valence-electron chi connectivity index (χ2n) is 5.04. The number of benzene rings is 1. The number of carbonyl (C=O) groups excluding carboxylic acids is 2. The fraction of sp³-hybridized carbons (Fsp3) is 0.467. The highest BCUT2D eigenvalue weighted by Gasteiger charge is 2.39. The van der Waals surface area contributed by atoms with Crippen molar-refractivity contribution < 1.29 is 19.4 Å². The van der Waals surface area contributed by atoms with Crippen LogP contribution in [0.4, 0.5) is 4.79 Å². The van der Waals surface area contributed by atoms with Gasteiger partial charge in [-0.3, -0.25) is 4.79 Å². The van der Waals surface area contributed by atoms with Crippen LogP contribution in [-0.2, 0) is 16.0 Å². The van der Waals surface area contributed by atoms with Gasteiger partial charge in [-0.25, -0.2) is 9.69 Å². The van der Waals surface area contributed by atoms with Crippen LogP contribution in [0.5, 0.6) is 0 Å². The van der Waals surface area contributed by atoms with Crippen molar-refractivity contribution in [2.24, 2.45) is 5.92 Å². The Morgan fingerprint density at radius 3 is 2.80 bits per heavy atom. The van der Waals surface area contributed by atoms with E-state index in [1.54, 1.807) is 6.92 Å². The summed E-state index contributed by atoms with van der Waals surface area (Å²) in [7, 11) is 0. The van der Waals surface area contributed by atoms with Gasteiger partial charge in [0.05, 0.1) is 6.04 Å². The molecule has 1 saturated heterocycles. The van der Waals surface area contributed by atoms with E-state index in [1.807, 2.05) is 30.3 Å². The number of nitrogens with zero attached hydrogens (tertiary/aromatic N) is 1. The minimum atomic E-state index is -0.583. The van der Waals surface area contributed by atoms with Gasteiger partial charge >= 0.3 is 6.09 Å². The number of amides is 2. The van der Waals surface area contributed by atoms with E-state index in [1.165, 1.54) is 4.90 Å². The normalized spacial score (nSPS) is 19.8. The summed E-state index contributed by atoms with van der Waals surface area (Å²) in [5.74, 6) is -0.661. The lowest BCUT2D eigenvalue weighted by Crippen LogP contribution is -2.43. The molecule has 1 aromatic rings. The van der Waals surface area contributed by atoms with Crippen LogP contribution in [0.1, 0.15) is 18.9 Å². The molecule has 0 bridgehead atoms. The van der Waals surface area contributed by atoms with Gasteiger partial charge in [0.2, 0.25) is 5.91 Å². The third-order valence-electron chi connectivity index (χ3n) is 3.50. The Balaban J connectivity index is 2.08. The van der Waals surface area contributed by atoms with Crippen LogP contribution in [-0.4, -0.2) is 41.3 Å². The standard InChI is InChI=1S/C15H19NO4/c1-11(7-8-17)14(18)16-13(10-20-15(16)19)9-12-5-3-2-4-6-12/h2-6,11,13,17H,7-10H2,1H3/t11-,13-/m0/s1. The van der Waals surface area contributed by atoms with E-state index >= 15 is 0 Å². The summed E-state index contributed by atoms with van der Waals surface area (Å²) in [5.41, 5.74) is 1.06. The maximum absolute atomic E-state index is 12.3. The summed E-state index contributed by atoms with van der Waals surface area (Å²) >= 11 is 0. The SMILES string of the molecule is C[C@@H](CCO)C(=O)N1C(=O)OC[C@@H]1Cc1ccccc1.